The van der Waals surface area contributed by atoms with Crippen LogP contribution in [-0.4, -0.2) is 28.8 Å². The van der Waals surface area contributed by atoms with Gasteiger partial charge in [0, 0.05) is 24.7 Å². The Morgan fingerprint density at radius 3 is 2.57 bits per heavy atom. The normalized spacial score (nSPS) is 10.5. The van der Waals surface area contributed by atoms with E-state index in [1.807, 2.05) is 30.3 Å². The van der Waals surface area contributed by atoms with E-state index in [1.165, 1.54) is 22.9 Å². The van der Waals surface area contributed by atoms with Crippen molar-refractivity contribution in [2.24, 2.45) is 0 Å². The van der Waals surface area contributed by atoms with Crippen LogP contribution in [0.4, 0.5) is 4.39 Å². The molecule has 6 nitrogen and oxygen atoms in total. The van der Waals surface area contributed by atoms with E-state index < -0.39 is 5.82 Å². The van der Waals surface area contributed by atoms with E-state index in [9.17, 15) is 14.0 Å². The molecule has 1 heterocycles. The molecule has 0 fully saturated rings. The minimum absolute atomic E-state index is 0.0335. The summed E-state index contributed by atoms with van der Waals surface area (Å²) in [5, 5.41) is 7.05. The van der Waals surface area contributed by atoms with E-state index >= 15 is 0 Å². The van der Waals surface area contributed by atoms with Crippen LogP contribution in [0.1, 0.15) is 6.42 Å². The first kappa shape index (κ1) is 19.3. The smallest absolute Gasteiger partial charge is 0.266 e. The van der Waals surface area contributed by atoms with Crippen LogP contribution in [0.5, 0.6) is 5.75 Å². The molecule has 0 saturated heterocycles. The zero-order valence-electron chi connectivity index (χ0n) is 15.2. The molecule has 1 amide bonds. The van der Waals surface area contributed by atoms with E-state index in [1.54, 1.807) is 18.2 Å². The van der Waals surface area contributed by atoms with Gasteiger partial charge in [-0.2, -0.15) is 5.10 Å². The van der Waals surface area contributed by atoms with Gasteiger partial charge in [-0.15, -0.1) is 0 Å². The Kier molecular flexibility index (Phi) is 6.51. The second-order valence-electron chi connectivity index (χ2n) is 6.07. The highest BCUT2D eigenvalue weighted by molar-refractivity contribution is 5.77. The highest BCUT2D eigenvalue weighted by atomic mass is 19.1. The molecule has 0 radical (unpaired) electrons. The predicted octanol–water partition coefficient (Wildman–Crippen LogP) is 2.63. The number of hydrogen-bond donors (Lipinski definition) is 1. The number of amides is 1. The maximum Gasteiger partial charge on any atom is 0.266 e. The molecule has 3 rings (SSSR count). The second-order valence-corrected chi connectivity index (χ2v) is 6.07. The summed E-state index contributed by atoms with van der Waals surface area (Å²) in [6, 6.07) is 18.7. The molecule has 1 N–H and O–H groups in total. The van der Waals surface area contributed by atoms with Gasteiger partial charge in [-0.3, -0.25) is 9.59 Å². The van der Waals surface area contributed by atoms with Crippen molar-refractivity contribution >= 4 is 5.91 Å². The number of ether oxygens (including phenoxy) is 1. The van der Waals surface area contributed by atoms with Crippen LogP contribution in [0.2, 0.25) is 0 Å². The lowest BCUT2D eigenvalue weighted by molar-refractivity contribution is -0.123. The molecule has 7 heteroatoms. The van der Waals surface area contributed by atoms with Crippen molar-refractivity contribution in [1.82, 2.24) is 15.1 Å². The van der Waals surface area contributed by atoms with Crippen molar-refractivity contribution in [2.75, 3.05) is 13.2 Å². The van der Waals surface area contributed by atoms with Gasteiger partial charge in [-0.05, 0) is 24.6 Å². The van der Waals surface area contributed by atoms with Gasteiger partial charge in [-0.1, -0.05) is 42.5 Å². The number of rotatable bonds is 8. The van der Waals surface area contributed by atoms with Gasteiger partial charge in [0.25, 0.3) is 11.5 Å². The predicted molar refractivity (Wildman–Crippen MR) is 103 cm³/mol. The molecular formula is C21H20FN3O3. The van der Waals surface area contributed by atoms with Crippen molar-refractivity contribution in [1.29, 1.82) is 0 Å². The summed E-state index contributed by atoms with van der Waals surface area (Å²) in [6.45, 7) is 0.444. The highest BCUT2D eigenvalue weighted by Crippen LogP contribution is 2.15. The molecule has 2 aromatic carbocycles. The Morgan fingerprint density at radius 1 is 1.04 bits per heavy atom. The number of halogens is 1. The van der Waals surface area contributed by atoms with Gasteiger partial charge in [-0.25, -0.2) is 9.07 Å². The molecule has 28 heavy (non-hydrogen) atoms. The molecule has 0 atom stereocenters. The van der Waals surface area contributed by atoms with Gasteiger partial charge in [0.15, 0.2) is 18.2 Å². The Bertz CT molecular complexity index is 989. The first-order valence-electron chi connectivity index (χ1n) is 8.91. The second kappa shape index (κ2) is 9.45. The molecule has 0 aliphatic rings. The Balaban J connectivity index is 1.47. The molecule has 1 aromatic heterocycles. The molecule has 0 unspecified atom stereocenters. The maximum atomic E-state index is 13.4. The van der Waals surface area contributed by atoms with Gasteiger partial charge in [0.2, 0.25) is 0 Å². The van der Waals surface area contributed by atoms with E-state index in [0.717, 1.165) is 5.56 Å². The van der Waals surface area contributed by atoms with E-state index in [0.29, 0.717) is 25.2 Å². The lowest BCUT2D eigenvalue weighted by Crippen LogP contribution is -2.31. The Labute approximate surface area is 161 Å². The van der Waals surface area contributed by atoms with Crippen molar-refractivity contribution < 1.29 is 13.9 Å². The number of carbonyl (C=O) groups excluding carboxylic acids is 1. The molecule has 0 spiro atoms. The number of para-hydroxylation sites is 1. The van der Waals surface area contributed by atoms with Crippen LogP contribution in [0.3, 0.4) is 0 Å². The number of hydrogen-bond acceptors (Lipinski definition) is 4. The third kappa shape index (κ3) is 5.26. The fourth-order valence-electron chi connectivity index (χ4n) is 2.58. The van der Waals surface area contributed by atoms with E-state index in [2.05, 4.69) is 10.4 Å². The third-order valence-electron chi connectivity index (χ3n) is 4.00. The SMILES string of the molecule is O=C(COc1ccccc1F)NCCCn1nc(-c2ccccc2)ccc1=O. The molecule has 0 aliphatic heterocycles. The quantitative estimate of drug-likeness (QED) is 0.609. The van der Waals surface area contributed by atoms with Crippen LogP contribution in [0.15, 0.2) is 71.5 Å². The number of benzene rings is 2. The van der Waals surface area contributed by atoms with E-state index in [4.69, 9.17) is 4.74 Å². The minimum Gasteiger partial charge on any atom is -0.481 e. The number of carbonyl (C=O) groups is 1. The average molecular weight is 381 g/mol. The fourth-order valence-corrected chi connectivity index (χ4v) is 2.58. The highest BCUT2D eigenvalue weighted by Gasteiger charge is 2.07. The van der Waals surface area contributed by atoms with Crippen LogP contribution in [-0.2, 0) is 11.3 Å². The van der Waals surface area contributed by atoms with Crippen LogP contribution < -0.4 is 15.6 Å². The molecular weight excluding hydrogens is 361 g/mol. The first-order valence-corrected chi connectivity index (χ1v) is 8.91. The van der Waals surface area contributed by atoms with Gasteiger partial charge < -0.3 is 10.1 Å². The summed E-state index contributed by atoms with van der Waals surface area (Å²) in [5.41, 5.74) is 1.44. The largest absolute Gasteiger partial charge is 0.481 e. The summed E-state index contributed by atoms with van der Waals surface area (Å²) < 4.78 is 20.0. The Morgan fingerprint density at radius 2 is 1.79 bits per heavy atom. The number of aryl methyl sites for hydroxylation is 1. The van der Waals surface area contributed by atoms with Gasteiger partial charge in [0.05, 0.1) is 5.69 Å². The fraction of sp³-hybridized carbons (Fsp3) is 0.190. The van der Waals surface area contributed by atoms with Crippen LogP contribution >= 0.6 is 0 Å². The topological polar surface area (TPSA) is 73.2 Å². The standard InChI is InChI=1S/C21H20FN3O3/c22-17-9-4-5-10-19(17)28-15-20(26)23-13-6-14-25-21(27)12-11-18(24-25)16-7-2-1-3-8-16/h1-5,7-12H,6,13-15H2,(H,23,26). The minimum atomic E-state index is -0.515. The number of aromatic nitrogens is 2. The zero-order valence-corrected chi connectivity index (χ0v) is 15.2. The summed E-state index contributed by atoms with van der Waals surface area (Å²) in [4.78, 5) is 23.8. The number of nitrogens with zero attached hydrogens (tertiary/aromatic N) is 2. The van der Waals surface area contributed by atoms with Gasteiger partial charge >= 0.3 is 0 Å². The molecule has 0 saturated carbocycles. The summed E-state index contributed by atoms with van der Waals surface area (Å²) in [6.07, 6.45) is 0.524. The molecule has 3 aromatic rings. The zero-order chi connectivity index (χ0) is 19.8. The van der Waals surface area contributed by atoms with Crippen LogP contribution in [0.25, 0.3) is 11.3 Å². The molecule has 144 valence electrons. The van der Waals surface area contributed by atoms with Crippen molar-refractivity contribution in [3.05, 3.63) is 82.9 Å². The summed E-state index contributed by atoms with van der Waals surface area (Å²) in [7, 11) is 0. The monoisotopic (exact) mass is 381 g/mol. The van der Waals surface area contributed by atoms with Crippen molar-refractivity contribution in [2.45, 2.75) is 13.0 Å². The summed E-state index contributed by atoms with van der Waals surface area (Å²) >= 11 is 0. The average Bonchev–Trinajstić information content (AvgIpc) is 2.72. The lowest BCUT2D eigenvalue weighted by Gasteiger charge is -2.09. The van der Waals surface area contributed by atoms with Gasteiger partial charge in [0.1, 0.15) is 0 Å². The third-order valence-corrected chi connectivity index (χ3v) is 4.00. The van der Waals surface area contributed by atoms with Crippen LogP contribution in [0, 0.1) is 5.82 Å². The lowest BCUT2D eigenvalue weighted by atomic mass is 10.1. The Hall–Kier alpha value is -3.48. The number of nitrogens with one attached hydrogen (secondary N) is 1. The maximum absolute atomic E-state index is 13.4. The molecule has 0 bridgehead atoms. The molecule has 0 aliphatic carbocycles. The summed E-state index contributed by atoms with van der Waals surface area (Å²) in [5.74, 6) is -0.841. The van der Waals surface area contributed by atoms with Crippen molar-refractivity contribution in [3.63, 3.8) is 0 Å². The first-order chi connectivity index (χ1) is 13.6. The van der Waals surface area contributed by atoms with E-state index in [-0.39, 0.29) is 23.8 Å². The van der Waals surface area contributed by atoms with Crippen molar-refractivity contribution in [3.8, 4) is 17.0 Å².